The van der Waals surface area contributed by atoms with Crippen LogP contribution in [-0.4, -0.2) is 19.6 Å². The first kappa shape index (κ1) is 14.2. The molecule has 0 bridgehead atoms. The molecule has 0 aliphatic carbocycles. The molecule has 0 saturated carbocycles. The Morgan fingerprint density at radius 1 is 1.14 bits per heavy atom. The first-order valence-electron chi connectivity index (χ1n) is 7.17. The quantitative estimate of drug-likeness (QED) is 0.877. The van der Waals surface area contributed by atoms with Crippen LogP contribution in [0.5, 0.6) is 11.5 Å². The predicted molar refractivity (Wildman–Crippen MR) is 87.1 cm³/mol. The van der Waals surface area contributed by atoms with Crippen molar-refractivity contribution in [3.05, 3.63) is 53.6 Å². The van der Waals surface area contributed by atoms with Crippen LogP contribution in [0.2, 0.25) is 0 Å². The van der Waals surface area contributed by atoms with Crippen molar-refractivity contribution in [2.45, 2.75) is 6.92 Å². The number of benzene rings is 2. The Labute approximate surface area is 129 Å². The number of ether oxygens (including phenoxy) is 2. The summed E-state index contributed by atoms with van der Waals surface area (Å²) in [6, 6.07) is 13.3. The summed E-state index contributed by atoms with van der Waals surface area (Å²) in [6.07, 6.45) is 1.84. The number of para-hydroxylation sites is 2. The Morgan fingerprint density at radius 2 is 1.95 bits per heavy atom. The number of fused-ring (bicyclic) bond motifs is 1. The van der Waals surface area contributed by atoms with Gasteiger partial charge in [-0.25, -0.2) is 0 Å². The fourth-order valence-corrected chi connectivity index (χ4v) is 2.57. The lowest BCUT2D eigenvalue weighted by Gasteiger charge is -2.12. The van der Waals surface area contributed by atoms with Crippen LogP contribution in [0.3, 0.4) is 0 Å². The fraction of sp³-hybridized carbons (Fsp3) is 0.167. The van der Waals surface area contributed by atoms with Crippen LogP contribution in [-0.2, 0) is 4.79 Å². The topological polar surface area (TPSA) is 47.6 Å². The van der Waals surface area contributed by atoms with Gasteiger partial charge in [0.05, 0.1) is 13.7 Å². The van der Waals surface area contributed by atoms with Crippen LogP contribution in [0.1, 0.15) is 18.1 Å². The van der Waals surface area contributed by atoms with Gasteiger partial charge in [0.25, 0.3) is 5.91 Å². The summed E-state index contributed by atoms with van der Waals surface area (Å²) in [4.78, 5) is 12.2. The van der Waals surface area contributed by atoms with Crippen molar-refractivity contribution in [3.8, 4) is 11.5 Å². The highest BCUT2D eigenvalue weighted by atomic mass is 16.5. The van der Waals surface area contributed by atoms with Crippen LogP contribution in [0.15, 0.2) is 42.5 Å². The number of carbonyl (C=O) groups is 1. The number of anilines is 1. The van der Waals surface area contributed by atoms with Crippen molar-refractivity contribution < 1.29 is 14.3 Å². The van der Waals surface area contributed by atoms with E-state index in [1.165, 1.54) is 0 Å². The van der Waals surface area contributed by atoms with Crippen molar-refractivity contribution in [2.24, 2.45) is 0 Å². The Hall–Kier alpha value is -2.75. The van der Waals surface area contributed by atoms with Crippen molar-refractivity contribution in [3.63, 3.8) is 0 Å². The molecule has 1 amide bonds. The lowest BCUT2D eigenvalue weighted by atomic mass is 10.0. The molecule has 2 aromatic carbocycles. The summed E-state index contributed by atoms with van der Waals surface area (Å²) in [5.41, 5.74) is 3.17. The first-order valence-corrected chi connectivity index (χ1v) is 7.17. The smallest absolute Gasteiger partial charge is 0.256 e. The molecular weight excluding hydrogens is 278 g/mol. The van der Waals surface area contributed by atoms with E-state index >= 15 is 0 Å². The first-order chi connectivity index (χ1) is 10.7. The Morgan fingerprint density at radius 3 is 2.73 bits per heavy atom. The van der Waals surface area contributed by atoms with Crippen molar-refractivity contribution >= 4 is 23.2 Å². The molecule has 3 rings (SSSR count). The van der Waals surface area contributed by atoms with E-state index in [2.05, 4.69) is 5.32 Å². The maximum Gasteiger partial charge on any atom is 0.256 e. The number of hydrogen-bond donors (Lipinski definition) is 1. The van der Waals surface area contributed by atoms with Gasteiger partial charge in [-0.3, -0.25) is 4.79 Å². The van der Waals surface area contributed by atoms with Gasteiger partial charge in [0, 0.05) is 22.4 Å². The maximum atomic E-state index is 12.2. The second kappa shape index (κ2) is 5.93. The highest BCUT2D eigenvalue weighted by Crippen LogP contribution is 2.37. The van der Waals surface area contributed by atoms with E-state index in [9.17, 15) is 4.79 Å². The molecule has 0 radical (unpaired) electrons. The second-order valence-electron chi connectivity index (χ2n) is 4.87. The van der Waals surface area contributed by atoms with Gasteiger partial charge >= 0.3 is 0 Å². The molecule has 1 N–H and O–H groups in total. The lowest BCUT2D eigenvalue weighted by molar-refractivity contribution is -0.110. The Balaban J connectivity index is 2.09. The van der Waals surface area contributed by atoms with Crippen molar-refractivity contribution in [2.75, 3.05) is 19.0 Å². The minimum Gasteiger partial charge on any atom is -0.492 e. The molecule has 22 heavy (non-hydrogen) atoms. The normalized spacial score (nSPS) is 14.6. The molecule has 0 unspecified atom stereocenters. The number of amides is 1. The molecule has 0 saturated heterocycles. The third kappa shape index (κ3) is 2.44. The molecule has 2 aromatic rings. The van der Waals surface area contributed by atoms with E-state index < -0.39 is 0 Å². The minimum atomic E-state index is -0.106. The Kier molecular flexibility index (Phi) is 3.83. The molecule has 1 heterocycles. The van der Waals surface area contributed by atoms with E-state index in [4.69, 9.17) is 9.47 Å². The monoisotopic (exact) mass is 295 g/mol. The highest BCUT2D eigenvalue weighted by Gasteiger charge is 2.24. The summed E-state index contributed by atoms with van der Waals surface area (Å²) in [5, 5.41) is 2.87. The van der Waals surface area contributed by atoms with Gasteiger partial charge in [-0.15, -0.1) is 0 Å². The van der Waals surface area contributed by atoms with Crippen LogP contribution in [0.4, 0.5) is 5.69 Å². The summed E-state index contributed by atoms with van der Waals surface area (Å²) in [6.45, 7) is 2.48. The van der Waals surface area contributed by atoms with Crippen molar-refractivity contribution in [1.29, 1.82) is 0 Å². The van der Waals surface area contributed by atoms with E-state index in [0.717, 1.165) is 16.8 Å². The van der Waals surface area contributed by atoms with Crippen LogP contribution in [0.25, 0.3) is 11.6 Å². The average Bonchev–Trinajstić information content (AvgIpc) is 2.84. The zero-order chi connectivity index (χ0) is 15.5. The number of carbonyl (C=O) groups excluding carboxylic acids is 1. The van der Waals surface area contributed by atoms with Gasteiger partial charge in [-0.2, -0.15) is 0 Å². The van der Waals surface area contributed by atoms with E-state index in [1.54, 1.807) is 7.11 Å². The molecule has 0 fully saturated rings. The van der Waals surface area contributed by atoms with E-state index in [1.807, 2.05) is 55.5 Å². The minimum absolute atomic E-state index is 0.106. The molecular formula is C18H17NO3. The predicted octanol–water partition coefficient (Wildman–Crippen LogP) is 3.59. The summed E-state index contributed by atoms with van der Waals surface area (Å²) < 4.78 is 11.0. The van der Waals surface area contributed by atoms with Gasteiger partial charge in [-0.1, -0.05) is 30.3 Å². The standard InChI is InChI=1S/C18H17NO3/c1-3-22-16-10-6-7-12(17(16)21-2)11-14-13-8-4-5-9-15(13)19-18(14)20/h4-11H,3H2,1-2H3,(H,19,20)/b14-11+. The fourth-order valence-electron chi connectivity index (χ4n) is 2.57. The lowest BCUT2D eigenvalue weighted by Crippen LogP contribution is -2.04. The third-order valence-corrected chi connectivity index (χ3v) is 3.52. The summed E-state index contributed by atoms with van der Waals surface area (Å²) >= 11 is 0. The van der Waals surface area contributed by atoms with E-state index in [0.29, 0.717) is 23.7 Å². The average molecular weight is 295 g/mol. The summed E-state index contributed by atoms with van der Waals surface area (Å²) in [7, 11) is 1.60. The number of rotatable bonds is 4. The Bertz CT molecular complexity index is 750. The molecule has 0 atom stereocenters. The molecule has 0 aromatic heterocycles. The molecule has 4 nitrogen and oxygen atoms in total. The highest BCUT2D eigenvalue weighted by molar-refractivity contribution is 6.35. The third-order valence-electron chi connectivity index (χ3n) is 3.52. The number of methoxy groups -OCH3 is 1. The second-order valence-corrected chi connectivity index (χ2v) is 4.87. The van der Waals surface area contributed by atoms with E-state index in [-0.39, 0.29) is 5.91 Å². The number of hydrogen-bond acceptors (Lipinski definition) is 3. The van der Waals surface area contributed by atoms with Crippen LogP contribution in [0, 0.1) is 0 Å². The number of nitrogens with one attached hydrogen (secondary N) is 1. The maximum absolute atomic E-state index is 12.2. The molecule has 1 aliphatic heterocycles. The zero-order valence-corrected chi connectivity index (χ0v) is 12.6. The largest absolute Gasteiger partial charge is 0.492 e. The molecule has 4 heteroatoms. The molecule has 112 valence electrons. The van der Waals surface area contributed by atoms with Gasteiger partial charge in [-0.05, 0) is 25.1 Å². The van der Waals surface area contributed by atoms with Gasteiger partial charge < -0.3 is 14.8 Å². The van der Waals surface area contributed by atoms with Crippen LogP contribution >= 0.6 is 0 Å². The molecule has 1 aliphatic rings. The van der Waals surface area contributed by atoms with Crippen molar-refractivity contribution in [1.82, 2.24) is 0 Å². The zero-order valence-electron chi connectivity index (χ0n) is 12.6. The summed E-state index contributed by atoms with van der Waals surface area (Å²) in [5.74, 6) is 1.20. The van der Waals surface area contributed by atoms with Gasteiger partial charge in [0.15, 0.2) is 11.5 Å². The van der Waals surface area contributed by atoms with Gasteiger partial charge in [0.1, 0.15) is 0 Å². The SMILES string of the molecule is CCOc1cccc(/C=C2/C(=O)Nc3ccccc32)c1OC. The van der Waals surface area contributed by atoms with Crippen LogP contribution < -0.4 is 14.8 Å². The molecule has 0 spiro atoms. The van der Waals surface area contributed by atoms with Gasteiger partial charge in [0.2, 0.25) is 0 Å².